The molecule has 2 aromatic heterocycles. The van der Waals surface area contributed by atoms with E-state index in [1.807, 2.05) is 29.0 Å². The normalized spacial score (nSPS) is 10.6. The van der Waals surface area contributed by atoms with E-state index in [1.54, 1.807) is 41.9 Å². The predicted octanol–water partition coefficient (Wildman–Crippen LogP) is 5.22. The van der Waals surface area contributed by atoms with Crippen molar-refractivity contribution in [1.29, 1.82) is 0 Å². The quantitative estimate of drug-likeness (QED) is 0.364. The smallest absolute Gasteiger partial charge is 0.260 e. The molecule has 4 rings (SSSR count). The van der Waals surface area contributed by atoms with Crippen molar-refractivity contribution >= 4 is 45.0 Å². The number of fused-ring (bicyclic) bond motifs is 1. The number of methoxy groups -OCH3 is 1. The molecule has 0 N–H and O–H groups in total. The van der Waals surface area contributed by atoms with Gasteiger partial charge in [0.15, 0.2) is 5.13 Å². The van der Waals surface area contributed by atoms with E-state index in [2.05, 4.69) is 30.1 Å². The third-order valence-electron chi connectivity index (χ3n) is 5.02. The molecule has 0 radical (unpaired) electrons. The van der Waals surface area contributed by atoms with E-state index in [0.29, 0.717) is 17.9 Å². The van der Waals surface area contributed by atoms with Gasteiger partial charge in [-0.15, -0.1) is 12.4 Å². The van der Waals surface area contributed by atoms with Crippen LogP contribution in [0.1, 0.15) is 29.3 Å². The molecule has 0 saturated carbocycles. The van der Waals surface area contributed by atoms with Crippen LogP contribution >= 0.6 is 23.7 Å². The van der Waals surface area contributed by atoms with Crippen LogP contribution in [0, 0.1) is 0 Å². The fourth-order valence-electron chi connectivity index (χ4n) is 3.42. The van der Waals surface area contributed by atoms with Crippen LogP contribution in [-0.4, -0.2) is 34.1 Å². The summed E-state index contributed by atoms with van der Waals surface area (Å²) in [4.78, 5) is 24.2. The second-order valence-electron chi connectivity index (χ2n) is 6.96. The van der Waals surface area contributed by atoms with Gasteiger partial charge in [0.1, 0.15) is 5.75 Å². The van der Waals surface area contributed by atoms with Crippen LogP contribution in [0.3, 0.4) is 0 Å². The molecule has 4 aromatic rings. The van der Waals surface area contributed by atoms with Crippen molar-refractivity contribution < 1.29 is 9.53 Å². The molecule has 31 heavy (non-hydrogen) atoms. The van der Waals surface area contributed by atoms with Crippen LogP contribution < -0.4 is 9.64 Å². The van der Waals surface area contributed by atoms with Crippen molar-refractivity contribution in [2.75, 3.05) is 18.6 Å². The topological polar surface area (TPSA) is 60.2 Å². The van der Waals surface area contributed by atoms with Crippen LogP contribution in [0.5, 0.6) is 5.75 Å². The van der Waals surface area contributed by atoms with Crippen molar-refractivity contribution in [1.82, 2.24) is 14.5 Å². The lowest BCUT2D eigenvalue weighted by molar-refractivity contribution is 0.0986. The summed E-state index contributed by atoms with van der Waals surface area (Å²) in [6, 6.07) is 13.5. The number of rotatable bonds is 8. The van der Waals surface area contributed by atoms with Gasteiger partial charge in [-0.2, -0.15) is 0 Å². The zero-order chi connectivity index (χ0) is 20.9. The molecule has 2 heterocycles. The molecule has 1 amide bonds. The summed E-state index contributed by atoms with van der Waals surface area (Å²) >= 11 is 1.56. The number of hydrogen-bond acceptors (Lipinski definition) is 5. The van der Waals surface area contributed by atoms with E-state index in [0.717, 1.165) is 34.7 Å². The van der Waals surface area contributed by atoms with Gasteiger partial charge in [-0.05, 0) is 42.7 Å². The number of hydrogen-bond donors (Lipinski definition) is 0. The van der Waals surface area contributed by atoms with Crippen LogP contribution in [0.4, 0.5) is 5.13 Å². The lowest BCUT2D eigenvalue weighted by Gasteiger charge is -2.20. The highest BCUT2D eigenvalue weighted by Crippen LogP contribution is 2.32. The van der Waals surface area contributed by atoms with Crippen molar-refractivity contribution in [3.8, 4) is 5.75 Å². The average molecular weight is 457 g/mol. The number of anilines is 1. The number of para-hydroxylation sites is 1. The number of benzene rings is 2. The van der Waals surface area contributed by atoms with Crippen molar-refractivity contribution in [2.24, 2.45) is 0 Å². The average Bonchev–Trinajstić information content (AvgIpc) is 3.45. The van der Waals surface area contributed by atoms with Gasteiger partial charge in [-0.25, -0.2) is 9.97 Å². The minimum Gasteiger partial charge on any atom is -0.497 e. The van der Waals surface area contributed by atoms with E-state index in [4.69, 9.17) is 9.72 Å². The molecule has 0 aliphatic rings. The number of thiazole rings is 1. The summed E-state index contributed by atoms with van der Waals surface area (Å²) in [5.41, 5.74) is 2.77. The summed E-state index contributed by atoms with van der Waals surface area (Å²) in [7, 11) is 1.60. The molecule has 0 fully saturated rings. The molecule has 0 bridgehead atoms. The Morgan fingerprint density at radius 1 is 1.23 bits per heavy atom. The highest BCUT2D eigenvalue weighted by Gasteiger charge is 2.22. The van der Waals surface area contributed by atoms with Gasteiger partial charge in [-0.3, -0.25) is 9.69 Å². The Labute approximate surface area is 191 Å². The maximum absolute atomic E-state index is 13.5. The van der Waals surface area contributed by atoms with Gasteiger partial charge in [0.2, 0.25) is 0 Å². The van der Waals surface area contributed by atoms with Gasteiger partial charge in [0.25, 0.3) is 5.91 Å². The van der Waals surface area contributed by atoms with Crippen LogP contribution in [0.25, 0.3) is 10.2 Å². The molecular weight excluding hydrogens is 432 g/mol. The molecule has 0 saturated heterocycles. The summed E-state index contributed by atoms with van der Waals surface area (Å²) in [5, 5.41) is 0.726. The number of halogens is 1. The van der Waals surface area contributed by atoms with E-state index >= 15 is 0 Å². The lowest BCUT2D eigenvalue weighted by Crippen LogP contribution is -2.32. The highest BCUT2D eigenvalue weighted by atomic mass is 35.5. The molecule has 0 spiro atoms. The van der Waals surface area contributed by atoms with E-state index < -0.39 is 0 Å². The molecule has 0 aliphatic carbocycles. The number of aromatic nitrogens is 3. The van der Waals surface area contributed by atoms with E-state index in [1.165, 1.54) is 5.56 Å². The fourth-order valence-corrected chi connectivity index (χ4v) is 4.46. The fraction of sp³-hybridized carbons (Fsp3) is 0.261. The monoisotopic (exact) mass is 456 g/mol. The second-order valence-corrected chi connectivity index (χ2v) is 7.97. The number of nitrogens with zero attached hydrogens (tertiary/aromatic N) is 4. The van der Waals surface area contributed by atoms with Crippen molar-refractivity contribution in [2.45, 2.75) is 26.3 Å². The first-order valence-corrected chi connectivity index (χ1v) is 10.8. The van der Waals surface area contributed by atoms with E-state index in [-0.39, 0.29) is 18.3 Å². The molecule has 0 unspecified atom stereocenters. The Balaban J connectivity index is 0.00000272. The third kappa shape index (κ3) is 5.06. The number of aryl methyl sites for hydroxylation is 2. The van der Waals surface area contributed by atoms with Gasteiger partial charge < -0.3 is 9.30 Å². The number of carbonyl (C=O) groups excluding carboxylic acids is 1. The third-order valence-corrected chi connectivity index (χ3v) is 6.07. The standard InChI is InChI=1S/C23H24N4O2S.ClH/c1-3-17-7-5-10-20-21(17)25-23(30-20)27(13-6-12-26-14-11-24-16-26)22(28)18-8-4-9-19(15-18)29-2;/h4-5,7-11,14-16H,3,6,12-13H2,1-2H3;1H. The van der Waals surface area contributed by atoms with Gasteiger partial charge in [0, 0.05) is 31.0 Å². The molecule has 6 nitrogen and oxygen atoms in total. The van der Waals surface area contributed by atoms with E-state index in [9.17, 15) is 4.79 Å². The SMILES string of the molecule is CCc1cccc2sc(N(CCCn3ccnc3)C(=O)c3cccc(OC)c3)nc12.Cl. The largest absolute Gasteiger partial charge is 0.497 e. The maximum Gasteiger partial charge on any atom is 0.260 e. The Bertz CT molecular complexity index is 1140. The molecule has 0 aliphatic heterocycles. The lowest BCUT2D eigenvalue weighted by atomic mass is 10.1. The summed E-state index contributed by atoms with van der Waals surface area (Å²) in [5.74, 6) is 0.591. The van der Waals surface area contributed by atoms with Gasteiger partial charge in [-0.1, -0.05) is 36.5 Å². The second kappa shape index (κ2) is 10.4. The van der Waals surface area contributed by atoms with Crippen LogP contribution in [-0.2, 0) is 13.0 Å². The Hall–Kier alpha value is -2.90. The molecular formula is C23H25ClN4O2S. The van der Waals surface area contributed by atoms with Gasteiger partial charge >= 0.3 is 0 Å². The maximum atomic E-state index is 13.5. The van der Waals surface area contributed by atoms with Crippen molar-refractivity contribution in [3.05, 3.63) is 72.3 Å². The Morgan fingerprint density at radius 2 is 2.06 bits per heavy atom. The minimum absolute atomic E-state index is 0. The molecule has 0 atom stereocenters. The number of amides is 1. The molecule has 8 heteroatoms. The summed E-state index contributed by atoms with van der Waals surface area (Å²) < 4.78 is 8.42. The minimum atomic E-state index is -0.0726. The molecule has 162 valence electrons. The first-order chi connectivity index (χ1) is 14.7. The zero-order valence-electron chi connectivity index (χ0n) is 17.5. The van der Waals surface area contributed by atoms with Gasteiger partial charge in [0.05, 0.1) is 23.7 Å². The molecule has 2 aromatic carbocycles. The highest BCUT2D eigenvalue weighted by molar-refractivity contribution is 7.22. The van der Waals surface area contributed by atoms with Crippen molar-refractivity contribution in [3.63, 3.8) is 0 Å². The number of carbonyl (C=O) groups is 1. The number of imidazole rings is 1. The van der Waals surface area contributed by atoms with Crippen LogP contribution in [0.15, 0.2) is 61.2 Å². The first-order valence-electron chi connectivity index (χ1n) is 9.99. The predicted molar refractivity (Wildman–Crippen MR) is 128 cm³/mol. The summed E-state index contributed by atoms with van der Waals surface area (Å²) in [6.07, 6.45) is 7.19. The number of ether oxygens (including phenoxy) is 1. The first kappa shape index (κ1) is 22.8. The Morgan fingerprint density at radius 3 is 2.81 bits per heavy atom. The van der Waals surface area contributed by atoms with Crippen LogP contribution in [0.2, 0.25) is 0 Å². The Kier molecular flexibility index (Phi) is 7.65. The summed E-state index contributed by atoms with van der Waals surface area (Å²) in [6.45, 7) is 3.47. The zero-order valence-corrected chi connectivity index (χ0v) is 19.2.